The van der Waals surface area contributed by atoms with E-state index in [1.807, 2.05) is 50.2 Å². The molecule has 2 heterocycles. The lowest BCUT2D eigenvalue weighted by Crippen LogP contribution is -2.43. The molecule has 0 spiro atoms. The maximum absolute atomic E-state index is 13.8. The Bertz CT molecular complexity index is 1390. The summed E-state index contributed by atoms with van der Waals surface area (Å²) in [4.78, 5) is 19.9. The van der Waals surface area contributed by atoms with Gasteiger partial charge in [0, 0.05) is 53.0 Å². The number of nitrogens with zero attached hydrogens (tertiary/aromatic N) is 4. The molecule has 0 saturated carbocycles. The molecule has 4 aromatic rings. The van der Waals surface area contributed by atoms with Crippen LogP contribution in [-0.2, 0) is 0 Å². The quantitative estimate of drug-likeness (QED) is 0.205. The fourth-order valence-electron chi connectivity index (χ4n) is 4.43. The number of H-pyrrole nitrogens is 1. The average Bonchev–Trinajstić information content (AvgIpc) is 3.38. The molecule has 0 aliphatic heterocycles. The van der Waals surface area contributed by atoms with Gasteiger partial charge in [-0.25, -0.2) is 5.21 Å². The van der Waals surface area contributed by atoms with Gasteiger partial charge in [0.2, 0.25) is 0 Å². The smallest absolute Gasteiger partial charge is 0.254 e. The van der Waals surface area contributed by atoms with Crippen LogP contribution in [0, 0.1) is 0 Å². The summed E-state index contributed by atoms with van der Waals surface area (Å²) in [5, 5.41) is 19.4. The fourth-order valence-corrected chi connectivity index (χ4v) is 4.62. The van der Waals surface area contributed by atoms with Crippen molar-refractivity contribution in [2.45, 2.75) is 26.3 Å². The lowest BCUT2D eigenvalue weighted by molar-refractivity contribution is -1.09. The van der Waals surface area contributed by atoms with Gasteiger partial charge in [0.1, 0.15) is 18.8 Å². The Morgan fingerprint density at radius 2 is 2.00 bits per heavy atom. The molecule has 2 N–H and O–H groups in total. The van der Waals surface area contributed by atoms with E-state index in [0.717, 1.165) is 27.6 Å². The van der Waals surface area contributed by atoms with E-state index in [0.29, 0.717) is 42.5 Å². The van der Waals surface area contributed by atoms with E-state index in [-0.39, 0.29) is 16.6 Å². The van der Waals surface area contributed by atoms with E-state index in [1.165, 1.54) is 0 Å². The number of halogens is 1. The number of ether oxygens (including phenoxy) is 1. The van der Waals surface area contributed by atoms with E-state index in [4.69, 9.17) is 16.3 Å². The third-order valence-electron chi connectivity index (χ3n) is 6.76. The average molecular weight is 523 g/mol. The third-order valence-corrected chi connectivity index (χ3v) is 7.00. The molecule has 37 heavy (non-hydrogen) atoms. The number of nitrogens with one attached hydrogen (secondary N) is 1. The number of hydrogen-bond donors (Lipinski definition) is 2. The van der Waals surface area contributed by atoms with E-state index >= 15 is 0 Å². The summed E-state index contributed by atoms with van der Waals surface area (Å²) in [6.45, 7) is 5.31. The highest BCUT2D eigenvalue weighted by atomic mass is 35.5. The van der Waals surface area contributed by atoms with Gasteiger partial charge in [-0.2, -0.15) is 9.75 Å². The van der Waals surface area contributed by atoms with Gasteiger partial charge in [-0.05, 0) is 49.7 Å². The van der Waals surface area contributed by atoms with Gasteiger partial charge < -0.3 is 9.64 Å². The topological polar surface area (TPSA) is 91.3 Å². The zero-order valence-electron chi connectivity index (χ0n) is 21.6. The number of amides is 1. The molecular weight excluding hydrogens is 490 g/mol. The van der Waals surface area contributed by atoms with Crippen LogP contribution in [-0.4, -0.2) is 69.6 Å². The Hall–Kier alpha value is -3.46. The fraction of sp³-hybridized carbons (Fsp3) is 0.321. The predicted octanol–water partition coefficient (Wildman–Crippen LogP) is 5.74. The lowest BCUT2D eigenvalue weighted by atomic mass is 9.99. The van der Waals surface area contributed by atoms with E-state index in [1.54, 1.807) is 43.7 Å². The summed E-state index contributed by atoms with van der Waals surface area (Å²) in [5.74, 6) is 0.451. The molecule has 2 unspecified atom stereocenters. The molecule has 4 rings (SSSR count). The number of fused-ring (bicyclic) bond motifs is 1. The number of benzene rings is 2. The summed E-state index contributed by atoms with van der Waals surface area (Å²) in [6, 6.07) is 12.7. The molecule has 2 aromatic carbocycles. The monoisotopic (exact) mass is 522 g/mol. The van der Waals surface area contributed by atoms with E-state index in [2.05, 4.69) is 15.2 Å². The van der Waals surface area contributed by atoms with E-state index < -0.39 is 0 Å². The molecule has 0 saturated heterocycles. The standard InChI is InChI=1S/C28H33ClN5O3/c1-5-34(4,36)13-12-25(24-18-30-16-21-17-31-32-27(21)24)33(3)28(35)20-10-11-23(26(15-20)37-6-2)19-8-7-9-22(29)14-19/h7-11,14-18,25,36H,5-6,12-13H2,1-4H3,(H,31,32)/q+1. The number of carbonyl (C=O) groups is 1. The first-order valence-corrected chi connectivity index (χ1v) is 12.8. The van der Waals surface area contributed by atoms with Gasteiger partial charge in [0.15, 0.2) is 0 Å². The van der Waals surface area contributed by atoms with Gasteiger partial charge in [0.25, 0.3) is 5.91 Å². The molecule has 0 aliphatic rings. The van der Waals surface area contributed by atoms with Crippen LogP contribution in [0.4, 0.5) is 0 Å². The second-order valence-corrected chi connectivity index (χ2v) is 9.75. The minimum Gasteiger partial charge on any atom is -0.493 e. The number of aromatic nitrogens is 3. The SMILES string of the molecule is CCOc1cc(C(=O)N(C)C(CC[N+](C)(O)CC)c2cncc3cn[nH]c23)ccc1-c1cccc(Cl)c1. The first-order chi connectivity index (χ1) is 17.7. The number of aromatic amines is 1. The first kappa shape index (κ1) is 26.6. The molecule has 0 aliphatic carbocycles. The Kier molecular flexibility index (Phi) is 8.12. The number of quaternary nitrogens is 1. The first-order valence-electron chi connectivity index (χ1n) is 12.4. The van der Waals surface area contributed by atoms with Gasteiger partial charge in [-0.1, -0.05) is 23.7 Å². The van der Waals surface area contributed by atoms with Crippen LogP contribution in [0.15, 0.2) is 61.1 Å². The van der Waals surface area contributed by atoms with Crippen molar-refractivity contribution in [1.82, 2.24) is 20.1 Å². The van der Waals surface area contributed by atoms with Crippen LogP contribution >= 0.6 is 11.6 Å². The van der Waals surface area contributed by atoms with Crippen molar-refractivity contribution in [1.29, 1.82) is 0 Å². The van der Waals surface area contributed by atoms with Gasteiger partial charge >= 0.3 is 0 Å². The zero-order chi connectivity index (χ0) is 26.6. The van der Waals surface area contributed by atoms with Crippen molar-refractivity contribution in [2.24, 2.45) is 0 Å². The van der Waals surface area contributed by atoms with Crippen molar-refractivity contribution in [3.8, 4) is 16.9 Å². The van der Waals surface area contributed by atoms with Crippen molar-refractivity contribution in [3.05, 3.63) is 77.2 Å². The molecule has 9 heteroatoms. The Balaban J connectivity index is 1.70. The predicted molar refractivity (Wildman–Crippen MR) is 145 cm³/mol. The summed E-state index contributed by atoms with van der Waals surface area (Å²) >= 11 is 6.21. The maximum Gasteiger partial charge on any atom is 0.254 e. The Morgan fingerprint density at radius 3 is 2.73 bits per heavy atom. The number of rotatable bonds is 10. The largest absolute Gasteiger partial charge is 0.493 e. The molecule has 0 fully saturated rings. The molecule has 194 valence electrons. The highest BCUT2D eigenvalue weighted by Gasteiger charge is 2.29. The number of carbonyl (C=O) groups excluding carboxylic acids is 1. The summed E-state index contributed by atoms with van der Waals surface area (Å²) < 4.78 is 5.78. The number of hydroxylamine groups is 3. The minimum absolute atomic E-state index is 0.145. The highest BCUT2D eigenvalue weighted by Crippen LogP contribution is 2.34. The van der Waals surface area contributed by atoms with Crippen LogP contribution < -0.4 is 4.74 Å². The summed E-state index contributed by atoms with van der Waals surface area (Å²) in [6.07, 6.45) is 5.74. The molecule has 0 bridgehead atoms. The van der Waals surface area contributed by atoms with Crippen LogP contribution in [0.25, 0.3) is 22.0 Å². The van der Waals surface area contributed by atoms with Crippen molar-refractivity contribution >= 4 is 28.4 Å². The van der Waals surface area contributed by atoms with Crippen molar-refractivity contribution in [3.63, 3.8) is 0 Å². The Labute approximate surface area is 222 Å². The second-order valence-electron chi connectivity index (χ2n) is 9.32. The normalized spacial score (nSPS) is 13.8. The Morgan fingerprint density at radius 1 is 1.19 bits per heavy atom. The number of pyridine rings is 1. The molecular formula is C28H33ClN5O3+. The van der Waals surface area contributed by atoms with Crippen LogP contribution in [0.1, 0.15) is 42.2 Å². The van der Waals surface area contributed by atoms with Crippen LogP contribution in [0.5, 0.6) is 5.75 Å². The zero-order valence-corrected chi connectivity index (χ0v) is 22.4. The minimum atomic E-state index is -0.344. The van der Waals surface area contributed by atoms with Gasteiger partial charge in [-0.15, -0.1) is 0 Å². The molecule has 1 amide bonds. The molecule has 2 atom stereocenters. The highest BCUT2D eigenvalue weighted by molar-refractivity contribution is 6.30. The van der Waals surface area contributed by atoms with Gasteiger partial charge in [-0.3, -0.25) is 14.9 Å². The lowest BCUT2D eigenvalue weighted by Gasteiger charge is -2.32. The van der Waals surface area contributed by atoms with Crippen LogP contribution in [0.3, 0.4) is 0 Å². The molecule has 8 nitrogen and oxygen atoms in total. The molecule has 2 aromatic heterocycles. The van der Waals surface area contributed by atoms with Gasteiger partial charge in [0.05, 0.1) is 31.4 Å². The maximum atomic E-state index is 13.8. The van der Waals surface area contributed by atoms with Crippen molar-refractivity contribution < 1.29 is 19.4 Å². The van der Waals surface area contributed by atoms with Crippen LogP contribution in [0.2, 0.25) is 5.02 Å². The number of hydrogen-bond acceptors (Lipinski definition) is 5. The summed E-state index contributed by atoms with van der Waals surface area (Å²) in [7, 11) is 3.54. The molecule has 0 radical (unpaired) electrons. The summed E-state index contributed by atoms with van der Waals surface area (Å²) in [5.41, 5.74) is 3.96. The van der Waals surface area contributed by atoms with E-state index in [9.17, 15) is 10.0 Å². The second kappa shape index (κ2) is 11.3. The van der Waals surface area contributed by atoms with Crippen molar-refractivity contribution in [2.75, 3.05) is 33.8 Å². The third kappa shape index (κ3) is 5.93.